The van der Waals surface area contributed by atoms with Gasteiger partial charge >= 0.3 is 0 Å². The number of nitrogens with one attached hydrogen (secondary N) is 1. The summed E-state index contributed by atoms with van der Waals surface area (Å²) >= 11 is 5.82. The first-order valence-corrected chi connectivity index (χ1v) is 7.29. The van der Waals surface area contributed by atoms with E-state index in [1.54, 1.807) is 6.21 Å². The molecule has 2 aromatic rings. The Morgan fingerprint density at radius 3 is 2.38 bits per heavy atom. The summed E-state index contributed by atoms with van der Waals surface area (Å²) in [5, 5.41) is 4.90. The molecule has 0 saturated heterocycles. The van der Waals surface area contributed by atoms with E-state index >= 15 is 0 Å². The number of hydrogen-bond donors (Lipinski definition) is 1. The van der Waals surface area contributed by atoms with Gasteiger partial charge in [0.05, 0.1) is 18.5 Å². The van der Waals surface area contributed by atoms with Crippen LogP contribution in [0.4, 0.5) is 5.69 Å². The van der Waals surface area contributed by atoms with Gasteiger partial charge in [-0.05, 0) is 60.0 Å². The zero-order valence-electron chi connectivity index (χ0n) is 12.2. The van der Waals surface area contributed by atoms with Crippen molar-refractivity contribution in [1.29, 1.82) is 0 Å². The molecule has 110 valence electrons. The van der Waals surface area contributed by atoms with Gasteiger partial charge in [-0.25, -0.2) is 0 Å². The summed E-state index contributed by atoms with van der Waals surface area (Å²) in [6.45, 7) is 4.98. The first kappa shape index (κ1) is 15.4. The number of rotatable bonds is 6. The van der Waals surface area contributed by atoms with Crippen LogP contribution in [0.2, 0.25) is 5.02 Å². The fourth-order valence-electron chi connectivity index (χ4n) is 1.62. The van der Waals surface area contributed by atoms with E-state index in [4.69, 9.17) is 16.3 Å². The van der Waals surface area contributed by atoms with E-state index in [0.29, 0.717) is 10.9 Å². The Balaban J connectivity index is 1.87. The summed E-state index contributed by atoms with van der Waals surface area (Å²) in [6, 6.07) is 15.2. The van der Waals surface area contributed by atoms with Crippen molar-refractivity contribution < 1.29 is 4.74 Å². The Hall–Kier alpha value is -2.00. The largest absolute Gasteiger partial charge is 0.493 e. The quantitative estimate of drug-likeness (QED) is 0.613. The summed E-state index contributed by atoms with van der Waals surface area (Å²) in [5.74, 6) is 1.40. The fourth-order valence-corrected chi connectivity index (χ4v) is 1.74. The van der Waals surface area contributed by atoms with Gasteiger partial charge in [0.25, 0.3) is 0 Å². The van der Waals surface area contributed by atoms with Crippen molar-refractivity contribution >= 4 is 23.5 Å². The minimum Gasteiger partial charge on any atom is -0.493 e. The normalized spacial score (nSPS) is 11.0. The maximum absolute atomic E-state index is 5.82. The van der Waals surface area contributed by atoms with Crippen LogP contribution in [-0.2, 0) is 0 Å². The van der Waals surface area contributed by atoms with Crippen LogP contribution >= 0.6 is 11.6 Å². The van der Waals surface area contributed by atoms with Crippen LogP contribution in [-0.4, -0.2) is 12.8 Å². The molecule has 0 saturated carbocycles. The van der Waals surface area contributed by atoms with Crippen molar-refractivity contribution in [2.75, 3.05) is 12.0 Å². The Kier molecular flexibility index (Phi) is 5.64. The highest BCUT2D eigenvalue weighted by molar-refractivity contribution is 6.30. The zero-order chi connectivity index (χ0) is 15.1. The molecule has 0 fully saturated rings. The SMILES string of the molecule is CC(C)COc1ccc(/C=N/Nc2ccc(Cl)cc2)cc1. The standard InChI is InChI=1S/C17H19ClN2O/c1-13(2)12-21-17-9-3-14(4-10-17)11-19-20-16-7-5-15(18)6-8-16/h3-11,13,20H,12H2,1-2H3/b19-11+. The molecule has 0 unspecified atom stereocenters. The van der Waals surface area contributed by atoms with Gasteiger partial charge < -0.3 is 4.74 Å². The highest BCUT2D eigenvalue weighted by Gasteiger charge is 1.97. The lowest BCUT2D eigenvalue weighted by molar-refractivity contribution is 0.271. The smallest absolute Gasteiger partial charge is 0.119 e. The van der Waals surface area contributed by atoms with Gasteiger partial charge in [-0.15, -0.1) is 0 Å². The highest BCUT2D eigenvalue weighted by Crippen LogP contribution is 2.14. The number of hydrazone groups is 1. The molecule has 0 aliphatic carbocycles. The summed E-state index contributed by atoms with van der Waals surface area (Å²) in [4.78, 5) is 0. The number of nitrogens with zero attached hydrogens (tertiary/aromatic N) is 1. The number of anilines is 1. The summed E-state index contributed by atoms with van der Waals surface area (Å²) in [6.07, 6.45) is 1.76. The van der Waals surface area contributed by atoms with Gasteiger partial charge in [-0.1, -0.05) is 25.4 Å². The third-order valence-electron chi connectivity index (χ3n) is 2.71. The molecule has 0 aliphatic heterocycles. The molecular weight excluding hydrogens is 284 g/mol. The van der Waals surface area contributed by atoms with Crippen LogP contribution < -0.4 is 10.2 Å². The minimum atomic E-state index is 0.523. The van der Waals surface area contributed by atoms with E-state index in [9.17, 15) is 0 Å². The van der Waals surface area contributed by atoms with Gasteiger partial charge in [0.15, 0.2) is 0 Å². The van der Waals surface area contributed by atoms with Crippen LogP contribution in [0.3, 0.4) is 0 Å². The Bertz CT molecular complexity index is 577. The molecule has 0 atom stereocenters. The second kappa shape index (κ2) is 7.70. The maximum atomic E-state index is 5.82. The van der Waals surface area contributed by atoms with Crippen molar-refractivity contribution in [3.63, 3.8) is 0 Å². The molecule has 21 heavy (non-hydrogen) atoms. The topological polar surface area (TPSA) is 33.6 Å². The second-order valence-electron chi connectivity index (χ2n) is 5.15. The van der Waals surface area contributed by atoms with Crippen LogP contribution in [0.5, 0.6) is 5.75 Å². The molecule has 3 nitrogen and oxygen atoms in total. The summed E-state index contributed by atoms with van der Waals surface area (Å²) < 4.78 is 5.63. The second-order valence-corrected chi connectivity index (χ2v) is 5.59. The minimum absolute atomic E-state index is 0.523. The lowest BCUT2D eigenvalue weighted by atomic mass is 10.2. The van der Waals surface area contributed by atoms with Crippen LogP contribution in [0.1, 0.15) is 19.4 Å². The van der Waals surface area contributed by atoms with Crippen LogP contribution in [0.25, 0.3) is 0 Å². The highest BCUT2D eigenvalue weighted by atomic mass is 35.5. The molecule has 0 heterocycles. The maximum Gasteiger partial charge on any atom is 0.119 e. The summed E-state index contributed by atoms with van der Waals surface area (Å²) in [7, 11) is 0. The first-order valence-electron chi connectivity index (χ1n) is 6.91. The molecule has 0 spiro atoms. The zero-order valence-corrected chi connectivity index (χ0v) is 13.0. The van der Waals surface area contributed by atoms with Gasteiger partial charge in [0.2, 0.25) is 0 Å². The van der Waals surface area contributed by atoms with Gasteiger partial charge in [0.1, 0.15) is 5.75 Å². The van der Waals surface area contributed by atoms with Crippen molar-refractivity contribution in [3.8, 4) is 5.75 Å². The lowest BCUT2D eigenvalue weighted by Crippen LogP contribution is -2.04. The lowest BCUT2D eigenvalue weighted by Gasteiger charge is -2.08. The summed E-state index contributed by atoms with van der Waals surface area (Å²) in [5.41, 5.74) is 4.86. The molecule has 0 aromatic heterocycles. The van der Waals surface area contributed by atoms with E-state index < -0.39 is 0 Å². The van der Waals surface area contributed by atoms with E-state index in [-0.39, 0.29) is 0 Å². The molecule has 2 rings (SSSR count). The number of hydrogen-bond acceptors (Lipinski definition) is 3. The van der Waals surface area contributed by atoms with Crippen molar-refractivity contribution in [3.05, 3.63) is 59.1 Å². The molecule has 1 N–H and O–H groups in total. The monoisotopic (exact) mass is 302 g/mol. The van der Waals surface area contributed by atoms with Crippen LogP contribution in [0, 0.1) is 5.92 Å². The first-order chi connectivity index (χ1) is 10.1. The molecule has 0 radical (unpaired) electrons. The number of ether oxygens (including phenoxy) is 1. The third-order valence-corrected chi connectivity index (χ3v) is 2.97. The van der Waals surface area contributed by atoms with Gasteiger partial charge in [-0.2, -0.15) is 5.10 Å². The van der Waals surface area contributed by atoms with E-state index in [2.05, 4.69) is 24.4 Å². The van der Waals surface area contributed by atoms with Crippen molar-refractivity contribution in [2.24, 2.45) is 11.0 Å². The van der Waals surface area contributed by atoms with Crippen LogP contribution in [0.15, 0.2) is 53.6 Å². The Morgan fingerprint density at radius 2 is 1.76 bits per heavy atom. The van der Waals surface area contributed by atoms with E-state index in [0.717, 1.165) is 23.6 Å². The van der Waals surface area contributed by atoms with E-state index in [1.807, 2.05) is 48.5 Å². The van der Waals surface area contributed by atoms with Crippen molar-refractivity contribution in [2.45, 2.75) is 13.8 Å². The molecule has 0 amide bonds. The van der Waals surface area contributed by atoms with Crippen molar-refractivity contribution in [1.82, 2.24) is 0 Å². The Labute approximate surface area is 130 Å². The average Bonchev–Trinajstić information content (AvgIpc) is 2.48. The van der Waals surface area contributed by atoms with Gasteiger partial charge in [-0.3, -0.25) is 5.43 Å². The van der Waals surface area contributed by atoms with Gasteiger partial charge in [0, 0.05) is 5.02 Å². The number of halogens is 1. The predicted molar refractivity (Wildman–Crippen MR) is 89.4 cm³/mol. The fraction of sp³-hybridized carbons (Fsp3) is 0.235. The predicted octanol–water partition coefficient (Wildman–Crippen LogP) is 4.82. The molecular formula is C17H19ClN2O. The van der Waals surface area contributed by atoms with E-state index in [1.165, 1.54) is 0 Å². The Morgan fingerprint density at radius 1 is 1.10 bits per heavy atom. The molecule has 4 heteroatoms. The molecule has 2 aromatic carbocycles. The molecule has 0 aliphatic rings. The number of benzene rings is 2. The molecule has 0 bridgehead atoms. The third kappa shape index (κ3) is 5.48. The average molecular weight is 303 g/mol.